The fraction of sp³-hybridized carbons (Fsp3) is 0.542. The number of aromatic amines is 1. The average Bonchev–Trinajstić information content (AvgIpc) is 3.35. The second-order valence-corrected chi connectivity index (χ2v) is 9.09. The number of piperidine rings is 1. The van der Waals surface area contributed by atoms with Crippen molar-refractivity contribution < 1.29 is 19.1 Å². The van der Waals surface area contributed by atoms with Crippen LogP contribution in [0.25, 0.3) is 0 Å². The molecule has 3 heterocycles. The number of halogens is 1. The molecule has 2 aromatic rings. The van der Waals surface area contributed by atoms with Gasteiger partial charge in [-0.3, -0.25) is 14.7 Å². The van der Waals surface area contributed by atoms with Crippen LogP contribution in [-0.4, -0.2) is 77.3 Å². The van der Waals surface area contributed by atoms with Gasteiger partial charge in [0, 0.05) is 62.6 Å². The number of hydrogen-bond donors (Lipinski definition) is 1. The number of carbonyl (C=O) groups is 2. The van der Waals surface area contributed by atoms with Crippen LogP contribution >= 0.6 is 11.6 Å². The highest BCUT2D eigenvalue weighted by Gasteiger charge is 2.35. The molecule has 1 aromatic carbocycles. The molecule has 0 radical (unpaired) electrons. The molecule has 9 heteroatoms. The average molecular weight is 475 g/mol. The minimum absolute atomic E-state index is 0.0670. The van der Waals surface area contributed by atoms with Gasteiger partial charge in [0.1, 0.15) is 11.9 Å². The molecule has 4 rings (SSSR count). The number of morpholine rings is 1. The molecule has 2 fully saturated rings. The van der Waals surface area contributed by atoms with Gasteiger partial charge in [0.05, 0.1) is 19.4 Å². The van der Waals surface area contributed by atoms with Crippen molar-refractivity contribution >= 4 is 23.4 Å². The summed E-state index contributed by atoms with van der Waals surface area (Å²) in [5, 5.41) is 7.40. The van der Waals surface area contributed by atoms with E-state index in [1.54, 1.807) is 18.3 Å². The SMILES string of the molecule is O=C(C[C@H]1CN(C(=O)CCCc2cn[nH]c2)CC[C@@H]1Oc1ccc(Cl)cc1)N1CCOCC1. The van der Waals surface area contributed by atoms with Crippen LogP contribution < -0.4 is 4.74 Å². The second kappa shape index (κ2) is 11.5. The Morgan fingerprint density at radius 1 is 1.12 bits per heavy atom. The van der Waals surface area contributed by atoms with Crippen LogP contribution in [0.5, 0.6) is 5.75 Å². The molecule has 2 aliphatic heterocycles. The smallest absolute Gasteiger partial charge is 0.223 e. The summed E-state index contributed by atoms with van der Waals surface area (Å²) in [6.07, 6.45) is 6.64. The zero-order valence-corrected chi connectivity index (χ0v) is 19.5. The van der Waals surface area contributed by atoms with Crippen LogP contribution in [0.2, 0.25) is 5.02 Å². The minimum atomic E-state index is -0.133. The van der Waals surface area contributed by atoms with E-state index in [1.807, 2.05) is 28.1 Å². The molecule has 2 amide bonds. The predicted molar refractivity (Wildman–Crippen MR) is 124 cm³/mol. The first kappa shape index (κ1) is 23.6. The zero-order valence-electron chi connectivity index (χ0n) is 18.7. The number of nitrogens with one attached hydrogen (secondary N) is 1. The summed E-state index contributed by atoms with van der Waals surface area (Å²) in [4.78, 5) is 29.6. The number of carbonyl (C=O) groups excluding carboxylic acids is 2. The van der Waals surface area contributed by atoms with Crippen molar-refractivity contribution in [3.05, 3.63) is 47.2 Å². The Bertz CT molecular complexity index is 900. The maximum absolute atomic E-state index is 13.0. The lowest BCUT2D eigenvalue weighted by molar-refractivity contribution is -0.141. The van der Waals surface area contributed by atoms with Gasteiger partial charge in [-0.15, -0.1) is 0 Å². The predicted octanol–water partition coefficient (Wildman–Crippen LogP) is 2.93. The Hall–Kier alpha value is -2.58. The van der Waals surface area contributed by atoms with E-state index >= 15 is 0 Å². The first-order valence-electron chi connectivity index (χ1n) is 11.6. The van der Waals surface area contributed by atoms with Gasteiger partial charge >= 0.3 is 0 Å². The molecule has 0 spiro atoms. The number of likely N-dealkylation sites (tertiary alicyclic amines) is 1. The fourth-order valence-electron chi connectivity index (χ4n) is 4.46. The highest BCUT2D eigenvalue weighted by molar-refractivity contribution is 6.30. The fourth-order valence-corrected chi connectivity index (χ4v) is 4.58. The molecule has 1 N–H and O–H groups in total. The minimum Gasteiger partial charge on any atom is -0.490 e. The number of ether oxygens (including phenoxy) is 2. The van der Waals surface area contributed by atoms with Crippen molar-refractivity contribution in [3.63, 3.8) is 0 Å². The number of amides is 2. The van der Waals surface area contributed by atoms with Gasteiger partial charge in [-0.2, -0.15) is 5.10 Å². The maximum Gasteiger partial charge on any atom is 0.223 e. The van der Waals surface area contributed by atoms with E-state index in [1.165, 1.54) is 0 Å². The van der Waals surface area contributed by atoms with Crippen molar-refractivity contribution in [2.75, 3.05) is 39.4 Å². The monoisotopic (exact) mass is 474 g/mol. The van der Waals surface area contributed by atoms with E-state index in [-0.39, 0.29) is 23.8 Å². The highest BCUT2D eigenvalue weighted by Crippen LogP contribution is 2.28. The van der Waals surface area contributed by atoms with Crippen LogP contribution in [0.3, 0.4) is 0 Å². The number of aromatic nitrogens is 2. The maximum atomic E-state index is 13.0. The second-order valence-electron chi connectivity index (χ2n) is 8.66. The van der Waals surface area contributed by atoms with E-state index < -0.39 is 0 Å². The van der Waals surface area contributed by atoms with Crippen LogP contribution in [0.15, 0.2) is 36.7 Å². The Morgan fingerprint density at radius 2 is 1.91 bits per heavy atom. The molecule has 8 nitrogen and oxygen atoms in total. The van der Waals surface area contributed by atoms with Crippen molar-refractivity contribution in [1.29, 1.82) is 0 Å². The number of hydrogen-bond acceptors (Lipinski definition) is 5. The molecular weight excluding hydrogens is 444 g/mol. The highest BCUT2D eigenvalue weighted by atomic mass is 35.5. The molecular formula is C24H31ClN4O4. The molecule has 0 aliphatic carbocycles. The largest absolute Gasteiger partial charge is 0.490 e. The lowest BCUT2D eigenvalue weighted by Gasteiger charge is -2.39. The van der Waals surface area contributed by atoms with Crippen molar-refractivity contribution in [2.24, 2.45) is 5.92 Å². The standard InChI is InChI=1S/C24H31ClN4O4/c25-20-4-6-21(7-5-20)33-22-8-9-29(23(30)3-1-2-18-15-26-27-16-18)17-19(22)14-24(31)28-10-12-32-13-11-28/h4-7,15-16,19,22H,1-3,8-14,17H2,(H,26,27)/t19-,22-/m0/s1. The first-order valence-corrected chi connectivity index (χ1v) is 12.0. The van der Waals surface area contributed by atoms with E-state index in [0.29, 0.717) is 63.7 Å². The Morgan fingerprint density at radius 3 is 2.64 bits per heavy atom. The third-order valence-electron chi connectivity index (χ3n) is 6.33. The number of benzene rings is 1. The number of rotatable bonds is 8. The summed E-state index contributed by atoms with van der Waals surface area (Å²) in [7, 11) is 0. The molecule has 0 unspecified atom stereocenters. The summed E-state index contributed by atoms with van der Waals surface area (Å²) < 4.78 is 11.6. The van der Waals surface area contributed by atoms with Gasteiger partial charge in [-0.05, 0) is 42.7 Å². The summed E-state index contributed by atoms with van der Waals surface area (Å²) in [5.74, 6) is 0.894. The summed E-state index contributed by atoms with van der Waals surface area (Å²) in [5.41, 5.74) is 1.10. The van der Waals surface area contributed by atoms with Gasteiger partial charge in [0.15, 0.2) is 0 Å². The third kappa shape index (κ3) is 6.71. The topological polar surface area (TPSA) is 87.8 Å². The molecule has 2 saturated heterocycles. The third-order valence-corrected chi connectivity index (χ3v) is 6.58. The molecule has 178 valence electrons. The van der Waals surface area contributed by atoms with Crippen LogP contribution in [-0.2, 0) is 20.7 Å². The van der Waals surface area contributed by atoms with E-state index in [0.717, 1.165) is 24.2 Å². The van der Waals surface area contributed by atoms with Gasteiger partial charge < -0.3 is 19.3 Å². The quantitative estimate of drug-likeness (QED) is 0.635. The molecule has 33 heavy (non-hydrogen) atoms. The normalized spacial score (nSPS) is 21.1. The van der Waals surface area contributed by atoms with Crippen molar-refractivity contribution in [2.45, 2.75) is 38.2 Å². The Kier molecular flexibility index (Phi) is 8.23. The number of aryl methyl sites for hydroxylation is 1. The van der Waals surface area contributed by atoms with E-state index in [4.69, 9.17) is 21.1 Å². The van der Waals surface area contributed by atoms with Crippen molar-refractivity contribution in [3.8, 4) is 5.75 Å². The van der Waals surface area contributed by atoms with E-state index in [2.05, 4.69) is 10.2 Å². The van der Waals surface area contributed by atoms with Gasteiger partial charge in [0.25, 0.3) is 0 Å². The summed E-state index contributed by atoms with van der Waals surface area (Å²) in [6, 6.07) is 7.28. The lowest BCUT2D eigenvalue weighted by Crippen LogP contribution is -2.50. The van der Waals surface area contributed by atoms with Gasteiger partial charge in [-0.1, -0.05) is 11.6 Å². The number of H-pyrrole nitrogens is 1. The van der Waals surface area contributed by atoms with Crippen LogP contribution in [0.1, 0.15) is 31.2 Å². The molecule has 2 aliphatic rings. The van der Waals surface area contributed by atoms with Crippen molar-refractivity contribution in [1.82, 2.24) is 20.0 Å². The molecule has 2 atom stereocenters. The van der Waals surface area contributed by atoms with Gasteiger partial charge in [0.2, 0.25) is 11.8 Å². The lowest BCUT2D eigenvalue weighted by atomic mass is 9.90. The Labute approximate surface area is 199 Å². The summed E-state index contributed by atoms with van der Waals surface area (Å²) >= 11 is 6.00. The van der Waals surface area contributed by atoms with Gasteiger partial charge in [-0.25, -0.2) is 0 Å². The van der Waals surface area contributed by atoms with Crippen LogP contribution in [0.4, 0.5) is 0 Å². The molecule has 1 aromatic heterocycles. The molecule has 0 saturated carbocycles. The van der Waals surface area contributed by atoms with E-state index in [9.17, 15) is 9.59 Å². The van der Waals surface area contributed by atoms with Crippen LogP contribution in [0, 0.1) is 5.92 Å². The molecule has 0 bridgehead atoms. The Balaban J connectivity index is 1.37. The zero-order chi connectivity index (χ0) is 23.0. The summed E-state index contributed by atoms with van der Waals surface area (Å²) in [6.45, 7) is 3.53. The first-order chi connectivity index (χ1) is 16.1. The number of nitrogens with zero attached hydrogens (tertiary/aromatic N) is 3.